The third kappa shape index (κ3) is 1.97. The second kappa shape index (κ2) is 4.64. The van der Waals surface area contributed by atoms with E-state index in [-0.39, 0.29) is 0 Å². The first kappa shape index (κ1) is 12.7. The zero-order valence-corrected chi connectivity index (χ0v) is 13.1. The zero-order chi connectivity index (χ0) is 13.5. The highest BCUT2D eigenvalue weighted by molar-refractivity contribution is 6.81. The smallest absolute Gasteiger partial charge is 0.0707 e. The molecule has 0 N–H and O–H groups in total. The lowest BCUT2D eigenvalue weighted by Crippen LogP contribution is -2.37. The van der Waals surface area contributed by atoms with Crippen molar-refractivity contribution in [2.45, 2.75) is 37.5 Å². The van der Waals surface area contributed by atoms with E-state index in [9.17, 15) is 0 Å². The highest BCUT2D eigenvalue weighted by Crippen LogP contribution is 2.47. The van der Waals surface area contributed by atoms with Crippen molar-refractivity contribution in [3.63, 3.8) is 0 Å². The largest absolute Gasteiger partial charge is 0.0803 e. The molecule has 2 aliphatic rings. The predicted molar refractivity (Wildman–Crippen MR) is 87.0 cm³/mol. The molecule has 1 atom stereocenters. The maximum atomic E-state index is 2.57. The van der Waals surface area contributed by atoms with E-state index in [0.717, 1.165) is 6.42 Å². The minimum Gasteiger partial charge on any atom is -0.0803 e. The molecular weight excluding hydrogens is 244 g/mol. The molecule has 98 valence electrons. The van der Waals surface area contributed by atoms with Gasteiger partial charge in [0.15, 0.2) is 0 Å². The third-order valence-corrected chi connectivity index (χ3v) is 8.98. The Hall–Kier alpha value is -1.34. The van der Waals surface area contributed by atoms with Crippen molar-refractivity contribution in [2.24, 2.45) is 0 Å². The second-order valence-corrected chi connectivity index (χ2v) is 11.2. The summed E-state index contributed by atoms with van der Waals surface area (Å²) in [5.74, 6) is 0. The molecule has 1 heteroatoms. The lowest BCUT2D eigenvalue weighted by atomic mass is 10.0. The summed E-state index contributed by atoms with van der Waals surface area (Å²) in [6, 6.07) is 9.02. The molecule has 1 aromatic carbocycles. The molecule has 0 amide bonds. The van der Waals surface area contributed by atoms with Crippen LogP contribution >= 0.6 is 0 Å². The number of hydrogen-bond acceptors (Lipinski definition) is 0. The van der Waals surface area contributed by atoms with Gasteiger partial charge in [0.05, 0.1) is 8.07 Å². The van der Waals surface area contributed by atoms with Gasteiger partial charge in [-0.15, -0.1) is 0 Å². The molecular formula is C18H22Si. The van der Waals surface area contributed by atoms with Gasteiger partial charge in [-0.2, -0.15) is 0 Å². The zero-order valence-electron chi connectivity index (χ0n) is 12.1. The molecule has 0 saturated heterocycles. The first-order valence-corrected chi connectivity index (χ1v) is 10.4. The van der Waals surface area contributed by atoms with E-state index in [1.807, 2.05) is 0 Å². The van der Waals surface area contributed by atoms with Gasteiger partial charge in [-0.05, 0) is 34.2 Å². The van der Waals surface area contributed by atoms with Crippen LogP contribution in [0.3, 0.4) is 0 Å². The van der Waals surface area contributed by atoms with Gasteiger partial charge >= 0.3 is 0 Å². The summed E-state index contributed by atoms with van der Waals surface area (Å²) in [5, 5.41) is 0. The van der Waals surface area contributed by atoms with Crippen LogP contribution in [0.25, 0.3) is 5.57 Å². The van der Waals surface area contributed by atoms with E-state index in [2.05, 4.69) is 74.7 Å². The summed E-state index contributed by atoms with van der Waals surface area (Å²) in [5.41, 5.74) is 5.97. The quantitative estimate of drug-likeness (QED) is 0.649. The van der Waals surface area contributed by atoms with E-state index in [1.54, 1.807) is 11.1 Å². The minimum atomic E-state index is -1.40. The van der Waals surface area contributed by atoms with Crippen molar-refractivity contribution in [3.05, 3.63) is 65.8 Å². The molecule has 1 unspecified atom stereocenters. The van der Waals surface area contributed by atoms with E-state index < -0.39 is 8.07 Å². The summed E-state index contributed by atoms with van der Waals surface area (Å²) >= 11 is 0. The summed E-state index contributed by atoms with van der Waals surface area (Å²) in [4.78, 5) is 0. The molecule has 0 aromatic heterocycles. The summed E-state index contributed by atoms with van der Waals surface area (Å²) in [6.07, 6.45) is 12.9. The van der Waals surface area contributed by atoms with Crippen LogP contribution in [0.4, 0.5) is 0 Å². The van der Waals surface area contributed by atoms with Crippen molar-refractivity contribution >= 4 is 13.6 Å². The Kier molecular flexibility index (Phi) is 3.10. The van der Waals surface area contributed by atoms with Gasteiger partial charge in [-0.25, -0.2) is 0 Å². The van der Waals surface area contributed by atoms with Crippen LogP contribution in [-0.4, -0.2) is 8.07 Å². The van der Waals surface area contributed by atoms with Crippen LogP contribution in [0.15, 0.2) is 54.6 Å². The van der Waals surface area contributed by atoms with Crippen molar-refractivity contribution in [1.29, 1.82) is 0 Å². The van der Waals surface area contributed by atoms with Gasteiger partial charge in [-0.3, -0.25) is 0 Å². The topological polar surface area (TPSA) is 0 Å². The highest BCUT2D eigenvalue weighted by atomic mass is 28.3. The highest BCUT2D eigenvalue weighted by Gasteiger charge is 2.40. The fraction of sp³-hybridized carbons (Fsp3) is 0.333. The standard InChI is InChI=1S/C18H22Si/c1-4-14-13-18(17-12-8-7-11-16(14)17)19(2,3)15-9-5-6-10-15/h5-13,15,18H,4H2,1-3H3. The van der Waals surface area contributed by atoms with Crippen LogP contribution in [-0.2, 0) is 0 Å². The third-order valence-electron chi connectivity index (χ3n) is 4.80. The fourth-order valence-corrected chi connectivity index (χ4v) is 6.81. The van der Waals surface area contributed by atoms with Gasteiger partial charge in [0.25, 0.3) is 0 Å². The summed E-state index contributed by atoms with van der Waals surface area (Å²) in [6.45, 7) is 7.34. The Bertz CT molecular complexity index is 563. The monoisotopic (exact) mass is 266 g/mol. The normalized spacial score (nSPS) is 21.8. The predicted octanol–water partition coefficient (Wildman–Crippen LogP) is 5.32. The average Bonchev–Trinajstić information content (AvgIpc) is 3.07. The molecule has 1 aromatic rings. The Balaban J connectivity index is 2.04. The van der Waals surface area contributed by atoms with Crippen LogP contribution in [0.2, 0.25) is 18.6 Å². The molecule has 3 rings (SSSR count). The van der Waals surface area contributed by atoms with Gasteiger partial charge in [0.2, 0.25) is 0 Å². The molecule has 0 bridgehead atoms. The van der Waals surface area contributed by atoms with Gasteiger partial charge < -0.3 is 0 Å². The van der Waals surface area contributed by atoms with E-state index >= 15 is 0 Å². The number of rotatable bonds is 3. The lowest BCUT2D eigenvalue weighted by Gasteiger charge is -2.33. The minimum absolute atomic E-state index is 0.663. The fourth-order valence-electron chi connectivity index (χ4n) is 3.50. The molecule has 0 nitrogen and oxygen atoms in total. The molecule has 0 aliphatic heterocycles. The lowest BCUT2D eigenvalue weighted by molar-refractivity contribution is 1.09. The Morgan fingerprint density at radius 3 is 2.42 bits per heavy atom. The molecule has 0 heterocycles. The van der Waals surface area contributed by atoms with E-state index in [0.29, 0.717) is 11.1 Å². The first-order chi connectivity index (χ1) is 9.14. The average molecular weight is 266 g/mol. The number of hydrogen-bond donors (Lipinski definition) is 0. The maximum absolute atomic E-state index is 2.57. The number of allylic oxidation sites excluding steroid dienone is 6. The van der Waals surface area contributed by atoms with Crippen LogP contribution in [0.1, 0.15) is 30.0 Å². The summed E-state index contributed by atoms with van der Waals surface area (Å²) in [7, 11) is -1.40. The van der Waals surface area contributed by atoms with Crippen molar-refractivity contribution in [1.82, 2.24) is 0 Å². The SMILES string of the molecule is CCC1=CC([Si](C)(C)C2C=CC=C2)c2ccccc21. The molecule has 19 heavy (non-hydrogen) atoms. The van der Waals surface area contributed by atoms with Crippen LogP contribution < -0.4 is 0 Å². The van der Waals surface area contributed by atoms with Crippen molar-refractivity contribution < 1.29 is 0 Å². The van der Waals surface area contributed by atoms with Gasteiger partial charge in [0, 0.05) is 0 Å². The van der Waals surface area contributed by atoms with Crippen LogP contribution in [0, 0.1) is 0 Å². The second-order valence-electron chi connectivity index (χ2n) is 6.23. The Labute approximate surface area is 117 Å². The molecule has 0 saturated carbocycles. The van der Waals surface area contributed by atoms with Gasteiger partial charge in [-0.1, -0.05) is 74.7 Å². The summed E-state index contributed by atoms with van der Waals surface area (Å²) < 4.78 is 0. The van der Waals surface area contributed by atoms with Crippen molar-refractivity contribution in [2.75, 3.05) is 0 Å². The first-order valence-electron chi connectivity index (χ1n) is 7.29. The van der Waals surface area contributed by atoms with E-state index in [4.69, 9.17) is 0 Å². The number of benzene rings is 1. The number of fused-ring (bicyclic) bond motifs is 1. The molecule has 0 spiro atoms. The maximum Gasteiger partial charge on any atom is 0.0707 e. The molecule has 0 radical (unpaired) electrons. The Morgan fingerprint density at radius 1 is 1.05 bits per heavy atom. The van der Waals surface area contributed by atoms with Crippen LogP contribution in [0.5, 0.6) is 0 Å². The molecule has 0 fully saturated rings. The Morgan fingerprint density at radius 2 is 1.74 bits per heavy atom. The molecule has 2 aliphatic carbocycles. The van der Waals surface area contributed by atoms with E-state index in [1.165, 1.54) is 5.56 Å². The van der Waals surface area contributed by atoms with Crippen molar-refractivity contribution in [3.8, 4) is 0 Å². The van der Waals surface area contributed by atoms with Gasteiger partial charge in [0.1, 0.15) is 0 Å².